The Morgan fingerprint density at radius 3 is 2.72 bits per heavy atom. The summed E-state index contributed by atoms with van der Waals surface area (Å²) in [7, 11) is 1.61. The molecule has 1 aliphatic rings. The molecule has 0 aromatic carbocycles. The Bertz CT molecular complexity index is 1100. The van der Waals surface area contributed by atoms with Crippen LogP contribution in [-0.4, -0.2) is 44.6 Å². The molecule has 168 valence electrons. The summed E-state index contributed by atoms with van der Waals surface area (Å²) < 4.78 is 0. The Kier molecular flexibility index (Phi) is 6.11. The highest BCUT2D eigenvalue weighted by Crippen LogP contribution is 2.35. The summed E-state index contributed by atoms with van der Waals surface area (Å²) >= 11 is 0. The van der Waals surface area contributed by atoms with Crippen LogP contribution >= 0.6 is 0 Å². The normalized spacial score (nSPS) is 17.0. The molecule has 1 aliphatic heterocycles. The van der Waals surface area contributed by atoms with Crippen LogP contribution in [0.2, 0.25) is 0 Å². The number of carbonyl (C=O) groups is 1. The Labute approximate surface area is 189 Å². The van der Waals surface area contributed by atoms with Gasteiger partial charge in [-0.25, -0.2) is 0 Å². The van der Waals surface area contributed by atoms with Crippen molar-refractivity contribution < 1.29 is 4.79 Å². The van der Waals surface area contributed by atoms with Crippen LogP contribution in [0, 0.1) is 6.92 Å². The second-order valence-electron chi connectivity index (χ2n) is 9.58. The molecule has 4 rings (SSSR count). The second-order valence-corrected chi connectivity index (χ2v) is 9.58. The summed E-state index contributed by atoms with van der Waals surface area (Å²) in [5.74, 6) is -0.182. The van der Waals surface area contributed by atoms with Gasteiger partial charge in [0.1, 0.15) is 5.69 Å². The number of nitrogens with one attached hydrogen (secondary N) is 2. The van der Waals surface area contributed by atoms with Crippen molar-refractivity contribution in [3.05, 3.63) is 65.0 Å². The second kappa shape index (κ2) is 8.82. The lowest BCUT2D eigenvalue weighted by Gasteiger charge is -2.26. The first kappa shape index (κ1) is 22.1. The van der Waals surface area contributed by atoms with Gasteiger partial charge in [0.2, 0.25) is 0 Å². The fraction of sp³-hybridized carbons (Fsp3) is 0.440. The van der Waals surface area contributed by atoms with E-state index in [1.165, 1.54) is 11.3 Å². The Balaban J connectivity index is 1.60. The van der Waals surface area contributed by atoms with E-state index in [1.54, 1.807) is 19.3 Å². The summed E-state index contributed by atoms with van der Waals surface area (Å²) in [6.45, 7) is 10.6. The van der Waals surface area contributed by atoms with Gasteiger partial charge in [0.25, 0.3) is 5.91 Å². The van der Waals surface area contributed by atoms with E-state index in [9.17, 15) is 4.79 Å². The number of nitrogens with zero attached hydrogens (tertiary/aromatic N) is 4. The number of aromatic amines is 1. The van der Waals surface area contributed by atoms with Gasteiger partial charge in [0.15, 0.2) is 0 Å². The quantitative estimate of drug-likeness (QED) is 0.632. The van der Waals surface area contributed by atoms with Crippen LogP contribution in [0.25, 0.3) is 11.1 Å². The Hall–Kier alpha value is -3.06. The van der Waals surface area contributed by atoms with Gasteiger partial charge in [0, 0.05) is 47.7 Å². The maximum absolute atomic E-state index is 11.8. The van der Waals surface area contributed by atoms with E-state index in [1.807, 2.05) is 19.2 Å². The fourth-order valence-corrected chi connectivity index (χ4v) is 4.51. The van der Waals surface area contributed by atoms with E-state index in [2.05, 4.69) is 58.3 Å². The molecule has 32 heavy (non-hydrogen) atoms. The molecule has 3 aromatic heterocycles. The number of hydrogen-bond acceptors (Lipinski definition) is 5. The molecule has 0 bridgehead atoms. The predicted octanol–water partition coefficient (Wildman–Crippen LogP) is 4.17. The minimum absolute atomic E-state index is 0.0314. The molecule has 4 heterocycles. The smallest absolute Gasteiger partial charge is 0.269 e. The number of amides is 1. The van der Waals surface area contributed by atoms with Crippen LogP contribution in [0.4, 0.5) is 0 Å². The van der Waals surface area contributed by atoms with Crippen LogP contribution in [0.3, 0.4) is 0 Å². The average molecular weight is 433 g/mol. The highest BCUT2D eigenvalue weighted by Gasteiger charge is 2.30. The van der Waals surface area contributed by atoms with Crippen molar-refractivity contribution >= 4 is 5.91 Å². The van der Waals surface area contributed by atoms with Gasteiger partial charge < -0.3 is 5.32 Å². The number of carbonyl (C=O) groups excluding carboxylic acids is 1. The third-order valence-corrected chi connectivity index (χ3v) is 6.08. The zero-order valence-electron chi connectivity index (χ0n) is 19.6. The standard InChI is InChI=1S/C25H32N6O/c1-16-11-18(17-8-9-20(27-13-17)24(32)26-5)12-21(29-16)22-7-6-10-31(22)15-19-14-28-30-23(19)25(2,3)4/h8-9,11-14,22H,6-7,10,15H2,1-5H3,(H,26,32)(H,28,30)/t22-/m1/s1. The van der Waals surface area contributed by atoms with Gasteiger partial charge in [-0.1, -0.05) is 26.8 Å². The maximum Gasteiger partial charge on any atom is 0.269 e. The summed E-state index contributed by atoms with van der Waals surface area (Å²) in [6.07, 6.45) is 5.97. The van der Waals surface area contributed by atoms with Crippen molar-refractivity contribution in [3.8, 4) is 11.1 Å². The molecule has 7 heteroatoms. The number of likely N-dealkylation sites (tertiary alicyclic amines) is 1. The zero-order valence-corrected chi connectivity index (χ0v) is 19.6. The third kappa shape index (κ3) is 4.58. The number of pyridine rings is 2. The van der Waals surface area contributed by atoms with Crippen molar-refractivity contribution in [2.24, 2.45) is 0 Å². The van der Waals surface area contributed by atoms with Crippen LogP contribution in [-0.2, 0) is 12.0 Å². The SMILES string of the molecule is CNC(=O)c1ccc(-c2cc(C)nc([C@H]3CCCN3Cc3cn[nH]c3C(C)(C)C)c2)cn1. The van der Waals surface area contributed by atoms with Crippen molar-refractivity contribution in [1.29, 1.82) is 0 Å². The van der Waals surface area contributed by atoms with Crippen LogP contribution in [0.5, 0.6) is 0 Å². The molecule has 1 amide bonds. The van der Waals surface area contributed by atoms with Gasteiger partial charge >= 0.3 is 0 Å². The van der Waals surface area contributed by atoms with Crippen molar-refractivity contribution in [2.45, 2.75) is 58.5 Å². The predicted molar refractivity (Wildman–Crippen MR) is 125 cm³/mol. The van der Waals surface area contributed by atoms with Gasteiger partial charge in [-0.15, -0.1) is 0 Å². The molecule has 0 spiro atoms. The number of aryl methyl sites for hydroxylation is 1. The lowest BCUT2D eigenvalue weighted by atomic mass is 9.89. The highest BCUT2D eigenvalue weighted by atomic mass is 16.1. The molecule has 1 saturated heterocycles. The van der Waals surface area contributed by atoms with Crippen LogP contribution in [0.1, 0.15) is 72.8 Å². The zero-order chi connectivity index (χ0) is 22.9. The number of rotatable bonds is 5. The minimum atomic E-state index is -0.182. The van der Waals surface area contributed by atoms with Crippen LogP contribution < -0.4 is 5.32 Å². The summed E-state index contributed by atoms with van der Waals surface area (Å²) in [4.78, 5) is 23.5. The molecular weight excluding hydrogens is 400 g/mol. The average Bonchev–Trinajstić information content (AvgIpc) is 3.42. The Morgan fingerprint density at radius 1 is 1.22 bits per heavy atom. The van der Waals surface area contributed by atoms with Crippen molar-refractivity contribution in [1.82, 2.24) is 30.4 Å². The first-order valence-corrected chi connectivity index (χ1v) is 11.2. The first-order chi connectivity index (χ1) is 15.3. The van der Waals surface area contributed by atoms with Crippen LogP contribution in [0.15, 0.2) is 36.7 Å². The number of aromatic nitrogens is 4. The molecule has 1 atom stereocenters. The summed E-state index contributed by atoms with van der Waals surface area (Å²) in [5, 5.41) is 10.1. The fourth-order valence-electron chi connectivity index (χ4n) is 4.51. The molecule has 2 N–H and O–H groups in total. The molecule has 0 radical (unpaired) electrons. The topological polar surface area (TPSA) is 86.8 Å². The summed E-state index contributed by atoms with van der Waals surface area (Å²) in [6, 6.07) is 8.23. The first-order valence-electron chi connectivity index (χ1n) is 11.2. The van der Waals surface area contributed by atoms with Gasteiger partial charge in [-0.3, -0.25) is 24.8 Å². The Morgan fingerprint density at radius 2 is 2.03 bits per heavy atom. The van der Waals surface area contributed by atoms with E-state index in [4.69, 9.17) is 4.98 Å². The molecule has 0 saturated carbocycles. The van der Waals surface area contributed by atoms with Gasteiger partial charge in [-0.05, 0) is 50.1 Å². The minimum Gasteiger partial charge on any atom is -0.354 e. The van der Waals surface area contributed by atoms with Crippen molar-refractivity contribution in [3.63, 3.8) is 0 Å². The molecule has 0 aliphatic carbocycles. The van der Waals surface area contributed by atoms with E-state index >= 15 is 0 Å². The molecular formula is C25H32N6O. The number of H-pyrrole nitrogens is 1. The monoisotopic (exact) mass is 432 g/mol. The lowest BCUT2D eigenvalue weighted by molar-refractivity contribution is 0.0958. The van der Waals surface area contributed by atoms with E-state index in [0.29, 0.717) is 5.69 Å². The lowest BCUT2D eigenvalue weighted by Crippen LogP contribution is -2.25. The molecule has 7 nitrogen and oxygen atoms in total. The van der Waals surface area contributed by atoms with Gasteiger partial charge in [-0.2, -0.15) is 5.10 Å². The number of hydrogen-bond donors (Lipinski definition) is 2. The van der Waals surface area contributed by atoms with E-state index < -0.39 is 0 Å². The maximum atomic E-state index is 11.8. The molecule has 1 fully saturated rings. The van der Waals surface area contributed by atoms with Crippen molar-refractivity contribution in [2.75, 3.05) is 13.6 Å². The highest BCUT2D eigenvalue weighted by molar-refractivity contribution is 5.92. The molecule has 0 unspecified atom stereocenters. The third-order valence-electron chi connectivity index (χ3n) is 6.08. The van der Waals surface area contributed by atoms with E-state index in [0.717, 1.165) is 48.4 Å². The van der Waals surface area contributed by atoms with Gasteiger partial charge in [0.05, 0.1) is 17.9 Å². The largest absolute Gasteiger partial charge is 0.354 e. The van der Waals surface area contributed by atoms with E-state index in [-0.39, 0.29) is 17.4 Å². The summed E-state index contributed by atoms with van der Waals surface area (Å²) in [5.41, 5.74) is 7.04. The molecule has 3 aromatic rings.